The average molecular weight is 202 g/mol. The highest BCUT2D eigenvalue weighted by molar-refractivity contribution is 5.82. The van der Waals surface area contributed by atoms with Crippen LogP contribution in [0.15, 0.2) is 35.3 Å². The van der Waals surface area contributed by atoms with Crippen LogP contribution < -0.4 is 5.56 Å². The Bertz CT molecular complexity index is 558. The molecule has 0 aliphatic rings. The first-order valence-corrected chi connectivity index (χ1v) is 4.56. The van der Waals surface area contributed by atoms with Gasteiger partial charge in [-0.1, -0.05) is 18.2 Å². The summed E-state index contributed by atoms with van der Waals surface area (Å²) >= 11 is 0. The second kappa shape index (κ2) is 4.06. The normalized spacial score (nSPS) is 11.3. The smallest absolute Gasteiger partial charge is 0.272 e. The number of nitrogens with one attached hydrogen (secondary N) is 1. The molecule has 76 valence electrons. The molecule has 2 aromatic rings. The minimum absolute atomic E-state index is 0.00562. The Hall–Kier alpha value is -1.94. The topological polar surface area (TPSA) is 66.0 Å². The van der Waals surface area contributed by atoms with Crippen LogP contribution in [0.4, 0.5) is 0 Å². The van der Waals surface area contributed by atoms with E-state index in [2.05, 4.69) is 10.2 Å². The first-order chi connectivity index (χ1) is 7.31. The second-order valence-corrected chi connectivity index (χ2v) is 3.13. The highest BCUT2D eigenvalue weighted by Gasteiger charge is 1.97. The van der Waals surface area contributed by atoms with Crippen LogP contribution in [0.5, 0.6) is 0 Å². The highest BCUT2D eigenvalue weighted by Crippen LogP contribution is 2.11. The lowest BCUT2D eigenvalue weighted by molar-refractivity contribution is 0.343. The predicted molar refractivity (Wildman–Crippen MR) is 58.5 cm³/mol. The number of aliphatic hydroxyl groups excluding tert-OH is 1. The summed E-state index contributed by atoms with van der Waals surface area (Å²) in [5.41, 5.74) is 0.745. The van der Waals surface area contributed by atoms with E-state index in [1.54, 1.807) is 24.4 Å². The quantitative estimate of drug-likeness (QED) is 0.761. The first-order valence-electron chi connectivity index (χ1n) is 4.56. The molecule has 0 aliphatic carbocycles. The molecule has 2 N–H and O–H groups in total. The van der Waals surface area contributed by atoms with Crippen LogP contribution in [0.25, 0.3) is 16.8 Å². The summed E-state index contributed by atoms with van der Waals surface area (Å²) in [6.07, 6.45) is 5.04. The van der Waals surface area contributed by atoms with Crippen LogP contribution in [-0.2, 0) is 0 Å². The van der Waals surface area contributed by atoms with E-state index < -0.39 is 0 Å². The number of aliphatic hydroxyl groups is 1. The van der Waals surface area contributed by atoms with Crippen molar-refractivity contribution in [2.75, 3.05) is 6.61 Å². The van der Waals surface area contributed by atoms with E-state index in [9.17, 15) is 4.79 Å². The second-order valence-electron chi connectivity index (χ2n) is 3.13. The van der Waals surface area contributed by atoms with E-state index in [-0.39, 0.29) is 12.2 Å². The zero-order chi connectivity index (χ0) is 10.7. The number of rotatable bonds is 2. The van der Waals surface area contributed by atoms with Crippen molar-refractivity contribution in [1.29, 1.82) is 0 Å². The number of aromatic amines is 1. The predicted octanol–water partition coefficient (Wildman–Crippen LogP) is 0.929. The molecule has 4 heteroatoms. The maximum absolute atomic E-state index is 11.3. The van der Waals surface area contributed by atoms with E-state index in [0.717, 1.165) is 10.9 Å². The Morgan fingerprint density at radius 1 is 1.47 bits per heavy atom. The molecule has 4 nitrogen and oxygen atoms in total. The minimum Gasteiger partial charge on any atom is -0.392 e. The molecular formula is C11H10N2O2. The third kappa shape index (κ3) is 1.94. The average Bonchev–Trinajstić information content (AvgIpc) is 2.26. The maximum atomic E-state index is 11.3. The lowest BCUT2D eigenvalue weighted by Crippen LogP contribution is -2.06. The number of nitrogens with zero attached hydrogens (tertiary/aromatic N) is 1. The summed E-state index contributed by atoms with van der Waals surface area (Å²) < 4.78 is 0. The summed E-state index contributed by atoms with van der Waals surface area (Å²) in [7, 11) is 0. The summed E-state index contributed by atoms with van der Waals surface area (Å²) in [6, 6.07) is 5.42. The van der Waals surface area contributed by atoms with Gasteiger partial charge < -0.3 is 5.11 Å². The molecule has 0 aliphatic heterocycles. The zero-order valence-corrected chi connectivity index (χ0v) is 7.97. The van der Waals surface area contributed by atoms with Crippen LogP contribution in [0.2, 0.25) is 0 Å². The maximum Gasteiger partial charge on any atom is 0.272 e. The lowest BCUT2D eigenvalue weighted by atomic mass is 10.1. The van der Waals surface area contributed by atoms with Gasteiger partial charge in [-0.2, -0.15) is 5.10 Å². The van der Waals surface area contributed by atoms with Gasteiger partial charge in [0.05, 0.1) is 18.2 Å². The Kier molecular flexibility index (Phi) is 2.60. The number of H-pyrrole nitrogens is 1. The first kappa shape index (κ1) is 9.61. The number of hydrogen-bond acceptors (Lipinski definition) is 3. The minimum atomic E-state index is -0.190. The van der Waals surface area contributed by atoms with Gasteiger partial charge in [0.25, 0.3) is 5.56 Å². The van der Waals surface area contributed by atoms with Crippen LogP contribution in [0, 0.1) is 0 Å². The van der Waals surface area contributed by atoms with Crippen LogP contribution >= 0.6 is 0 Å². The van der Waals surface area contributed by atoms with Crippen molar-refractivity contribution in [3.05, 3.63) is 46.4 Å². The van der Waals surface area contributed by atoms with Gasteiger partial charge in [0.2, 0.25) is 0 Å². The van der Waals surface area contributed by atoms with Gasteiger partial charge in [0.1, 0.15) is 0 Å². The molecule has 1 heterocycles. The van der Waals surface area contributed by atoms with E-state index in [1.165, 1.54) is 0 Å². The van der Waals surface area contributed by atoms with Gasteiger partial charge in [0.15, 0.2) is 0 Å². The fraction of sp³-hybridized carbons (Fsp3) is 0.0909. The molecule has 0 saturated heterocycles. The summed E-state index contributed by atoms with van der Waals surface area (Å²) in [5.74, 6) is 0. The number of aromatic nitrogens is 2. The zero-order valence-electron chi connectivity index (χ0n) is 7.97. The van der Waals surface area contributed by atoms with Crippen LogP contribution in [0.3, 0.4) is 0 Å². The molecule has 2 rings (SSSR count). The van der Waals surface area contributed by atoms with Crippen molar-refractivity contribution in [1.82, 2.24) is 10.2 Å². The van der Waals surface area contributed by atoms with Crippen molar-refractivity contribution in [3.63, 3.8) is 0 Å². The monoisotopic (exact) mass is 202 g/mol. The van der Waals surface area contributed by atoms with Gasteiger partial charge >= 0.3 is 0 Å². The molecule has 0 fully saturated rings. The van der Waals surface area contributed by atoms with Gasteiger partial charge in [-0.25, -0.2) is 5.10 Å². The Balaban J connectivity index is 2.57. The van der Waals surface area contributed by atoms with Crippen molar-refractivity contribution < 1.29 is 5.11 Å². The highest BCUT2D eigenvalue weighted by atomic mass is 16.2. The molecule has 0 bridgehead atoms. The molecule has 15 heavy (non-hydrogen) atoms. The Morgan fingerprint density at radius 3 is 3.13 bits per heavy atom. The molecule has 0 unspecified atom stereocenters. The van der Waals surface area contributed by atoms with Crippen molar-refractivity contribution in [2.45, 2.75) is 0 Å². The fourth-order valence-electron chi connectivity index (χ4n) is 1.41. The van der Waals surface area contributed by atoms with E-state index in [4.69, 9.17) is 5.11 Å². The Morgan fingerprint density at radius 2 is 2.33 bits per heavy atom. The SMILES string of the molecule is O=c1[nH]ncc2cc(C=CCO)ccc12. The van der Waals surface area contributed by atoms with Crippen LogP contribution in [0.1, 0.15) is 5.56 Å². The third-order valence-corrected chi connectivity index (χ3v) is 2.11. The molecular weight excluding hydrogens is 192 g/mol. The van der Waals surface area contributed by atoms with Gasteiger partial charge in [-0.15, -0.1) is 0 Å². The van der Waals surface area contributed by atoms with Gasteiger partial charge in [-0.05, 0) is 17.7 Å². The number of fused-ring (bicyclic) bond motifs is 1. The number of benzene rings is 1. The molecule has 0 amide bonds. The largest absolute Gasteiger partial charge is 0.392 e. The van der Waals surface area contributed by atoms with E-state index in [1.807, 2.05) is 12.1 Å². The molecule has 0 saturated carbocycles. The lowest BCUT2D eigenvalue weighted by Gasteiger charge is -1.97. The summed E-state index contributed by atoms with van der Waals surface area (Å²) in [6.45, 7) is 0.00562. The van der Waals surface area contributed by atoms with Crippen LogP contribution in [-0.4, -0.2) is 21.9 Å². The molecule has 0 spiro atoms. The Labute approximate surface area is 85.9 Å². The molecule has 0 radical (unpaired) electrons. The molecule has 0 atom stereocenters. The molecule has 1 aromatic heterocycles. The van der Waals surface area contributed by atoms with E-state index in [0.29, 0.717) is 5.39 Å². The van der Waals surface area contributed by atoms with Gasteiger partial charge in [-0.3, -0.25) is 4.79 Å². The third-order valence-electron chi connectivity index (χ3n) is 2.11. The number of hydrogen-bond donors (Lipinski definition) is 2. The molecule has 1 aromatic carbocycles. The summed E-state index contributed by atoms with van der Waals surface area (Å²) in [4.78, 5) is 11.3. The fourth-order valence-corrected chi connectivity index (χ4v) is 1.41. The summed E-state index contributed by atoms with van der Waals surface area (Å²) in [5, 5.41) is 16.1. The standard InChI is InChI=1S/C11H10N2O2/c14-5-1-2-8-3-4-10-9(6-8)7-12-13-11(10)15/h1-4,6-7,14H,5H2,(H,13,15). The van der Waals surface area contributed by atoms with Crippen molar-refractivity contribution >= 4 is 16.8 Å². The van der Waals surface area contributed by atoms with E-state index >= 15 is 0 Å². The van der Waals surface area contributed by atoms with Gasteiger partial charge in [0, 0.05) is 5.39 Å². The van der Waals surface area contributed by atoms with Crippen molar-refractivity contribution in [2.24, 2.45) is 0 Å². The van der Waals surface area contributed by atoms with Crippen molar-refractivity contribution in [3.8, 4) is 0 Å².